The number of benzene rings is 1. The molecule has 1 atom stereocenters. The molecule has 1 heterocycles. The van der Waals surface area contributed by atoms with Crippen LogP contribution in [0.2, 0.25) is 0 Å². The highest BCUT2D eigenvalue weighted by Gasteiger charge is 2.38. The monoisotopic (exact) mass is 361 g/mol. The molecule has 0 amide bonds. The van der Waals surface area contributed by atoms with Crippen molar-refractivity contribution in [2.45, 2.75) is 12.8 Å². The zero-order chi connectivity index (χ0) is 19.4. The first-order chi connectivity index (χ1) is 12.4. The molecule has 0 aliphatic carbocycles. The molecule has 2 rings (SSSR count). The number of esters is 1. The Morgan fingerprint density at radius 3 is 2.27 bits per heavy atom. The molecule has 0 saturated carbocycles. The number of aliphatic carboxylic acids is 1. The maximum absolute atomic E-state index is 12.3. The summed E-state index contributed by atoms with van der Waals surface area (Å²) in [5, 5.41) is 12.3. The van der Waals surface area contributed by atoms with Crippen molar-refractivity contribution < 1.29 is 33.7 Å². The minimum Gasteiger partial charge on any atom is -0.493 e. The molecule has 1 aliphatic rings. The van der Waals surface area contributed by atoms with E-state index in [1.807, 2.05) is 0 Å². The zero-order valence-corrected chi connectivity index (χ0v) is 14.8. The fourth-order valence-electron chi connectivity index (χ4n) is 2.93. The zero-order valence-electron chi connectivity index (χ0n) is 14.8. The van der Waals surface area contributed by atoms with Crippen LogP contribution in [-0.4, -0.2) is 44.7 Å². The van der Waals surface area contributed by atoms with E-state index in [9.17, 15) is 19.5 Å². The summed E-state index contributed by atoms with van der Waals surface area (Å²) in [6.07, 6.45) is 0.460. The van der Waals surface area contributed by atoms with Gasteiger partial charge in [0.1, 0.15) is 0 Å². The van der Waals surface area contributed by atoms with Gasteiger partial charge in [-0.2, -0.15) is 0 Å². The highest BCUT2D eigenvalue weighted by atomic mass is 16.5. The van der Waals surface area contributed by atoms with Crippen molar-refractivity contribution in [1.82, 2.24) is 5.32 Å². The Bertz CT molecular complexity index is 823. The molecule has 0 aromatic heterocycles. The lowest BCUT2D eigenvalue weighted by atomic mass is 9.80. The highest BCUT2D eigenvalue weighted by Crippen LogP contribution is 2.41. The summed E-state index contributed by atoms with van der Waals surface area (Å²) in [6, 6.07) is 4.77. The number of carbonyl (C=O) groups excluding carboxylic acids is 2. The number of ether oxygens (including phenoxy) is 3. The molecule has 1 aromatic rings. The molecule has 0 spiro atoms. The molecule has 1 aliphatic heterocycles. The Labute approximate surface area is 150 Å². The van der Waals surface area contributed by atoms with E-state index < -0.39 is 17.9 Å². The van der Waals surface area contributed by atoms with E-state index in [1.54, 1.807) is 18.2 Å². The first kappa shape index (κ1) is 19.0. The first-order valence-electron chi connectivity index (χ1n) is 7.60. The van der Waals surface area contributed by atoms with Crippen LogP contribution in [0.3, 0.4) is 0 Å². The number of aldehydes is 1. The van der Waals surface area contributed by atoms with Crippen molar-refractivity contribution >= 4 is 18.2 Å². The van der Waals surface area contributed by atoms with Gasteiger partial charge in [0.05, 0.1) is 44.1 Å². The van der Waals surface area contributed by atoms with Gasteiger partial charge in [0, 0.05) is 5.70 Å². The number of allylic oxidation sites excluding steroid dienone is 2. The van der Waals surface area contributed by atoms with E-state index in [0.29, 0.717) is 23.3 Å². The number of rotatable bonds is 6. The summed E-state index contributed by atoms with van der Waals surface area (Å²) >= 11 is 0. The van der Waals surface area contributed by atoms with Gasteiger partial charge in [-0.15, -0.1) is 0 Å². The summed E-state index contributed by atoms with van der Waals surface area (Å²) in [4.78, 5) is 35.7. The number of carbonyl (C=O) groups is 3. The van der Waals surface area contributed by atoms with Crippen LogP contribution in [0.25, 0.3) is 0 Å². The predicted molar refractivity (Wildman–Crippen MR) is 90.9 cm³/mol. The van der Waals surface area contributed by atoms with Crippen molar-refractivity contribution in [1.29, 1.82) is 0 Å². The van der Waals surface area contributed by atoms with E-state index in [-0.39, 0.29) is 22.5 Å². The Morgan fingerprint density at radius 2 is 1.77 bits per heavy atom. The first-order valence-corrected chi connectivity index (χ1v) is 7.60. The maximum atomic E-state index is 12.3. The average Bonchev–Trinajstić information content (AvgIpc) is 2.65. The van der Waals surface area contributed by atoms with E-state index in [1.165, 1.54) is 21.1 Å². The fraction of sp³-hybridized carbons (Fsp3) is 0.278. The second-order valence-electron chi connectivity index (χ2n) is 5.45. The third kappa shape index (κ3) is 3.26. The average molecular weight is 361 g/mol. The van der Waals surface area contributed by atoms with Gasteiger partial charge in [-0.1, -0.05) is 6.07 Å². The third-order valence-corrected chi connectivity index (χ3v) is 4.09. The lowest BCUT2D eigenvalue weighted by Gasteiger charge is -2.29. The lowest BCUT2D eigenvalue weighted by Crippen LogP contribution is -2.33. The van der Waals surface area contributed by atoms with Gasteiger partial charge < -0.3 is 24.6 Å². The predicted octanol–water partition coefficient (Wildman–Crippen LogP) is 1.38. The highest BCUT2D eigenvalue weighted by molar-refractivity contribution is 6.02. The van der Waals surface area contributed by atoms with Crippen molar-refractivity contribution in [2.75, 3.05) is 21.3 Å². The van der Waals surface area contributed by atoms with Crippen LogP contribution in [0.15, 0.2) is 40.7 Å². The molecule has 138 valence electrons. The largest absolute Gasteiger partial charge is 0.493 e. The molecule has 0 bridgehead atoms. The third-order valence-electron chi connectivity index (χ3n) is 4.09. The number of hydrogen-bond acceptors (Lipinski definition) is 7. The maximum Gasteiger partial charge on any atom is 0.336 e. The Kier molecular flexibility index (Phi) is 5.66. The van der Waals surface area contributed by atoms with E-state index in [0.717, 1.165) is 7.11 Å². The van der Waals surface area contributed by atoms with Crippen LogP contribution < -0.4 is 14.8 Å². The summed E-state index contributed by atoms with van der Waals surface area (Å²) in [5.74, 6) is -2.22. The van der Waals surface area contributed by atoms with E-state index in [2.05, 4.69) is 5.32 Å². The normalized spacial score (nSPS) is 16.7. The fourth-order valence-corrected chi connectivity index (χ4v) is 2.93. The molecule has 2 N–H and O–H groups in total. The van der Waals surface area contributed by atoms with Crippen molar-refractivity contribution in [2.24, 2.45) is 0 Å². The number of dihydropyridines is 1. The molecule has 26 heavy (non-hydrogen) atoms. The van der Waals surface area contributed by atoms with Crippen LogP contribution in [-0.2, 0) is 19.1 Å². The van der Waals surface area contributed by atoms with E-state index in [4.69, 9.17) is 14.2 Å². The summed E-state index contributed by atoms with van der Waals surface area (Å²) in [6.45, 7) is 1.52. The van der Waals surface area contributed by atoms with E-state index >= 15 is 0 Å². The number of carboxylic acids is 1. The lowest BCUT2D eigenvalue weighted by molar-refractivity contribution is -0.136. The van der Waals surface area contributed by atoms with Crippen LogP contribution in [0, 0.1) is 0 Å². The molecule has 0 radical (unpaired) electrons. The molecule has 0 fully saturated rings. The number of hydrogen-bond donors (Lipinski definition) is 2. The van der Waals surface area contributed by atoms with Gasteiger partial charge in [-0.25, -0.2) is 9.59 Å². The van der Waals surface area contributed by atoms with Crippen LogP contribution in [0.4, 0.5) is 0 Å². The Balaban J connectivity index is 2.77. The number of carboxylic acid groups (broad SMARTS) is 1. The quantitative estimate of drug-likeness (QED) is 0.577. The van der Waals surface area contributed by atoms with Gasteiger partial charge in [-0.05, 0) is 24.6 Å². The molecule has 1 aromatic carbocycles. The van der Waals surface area contributed by atoms with Crippen LogP contribution in [0.1, 0.15) is 18.4 Å². The Morgan fingerprint density at radius 1 is 1.12 bits per heavy atom. The Hall–Kier alpha value is -3.29. The van der Waals surface area contributed by atoms with Gasteiger partial charge in [0.25, 0.3) is 0 Å². The van der Waals surface area contributed by atoms with Gasteiger partial charge in [0.2, 0.25) is 0 Å². The summed E-state index contributed by atoms with van der Waals surface area (Å²) < 4.78 is 15.2. The van der Waals surface area contributed by atoms with Crippen LogP contribution in [0.5, 0.6) is 11.5 Å². The number of methoxy groups -OCH3 is 3. The second kappa shape index (κ2) is 7.73. The van der Waals surface area contributed by atoms with Crippen molar-refractivity contribution in [3.63, 3.8) is 0 Å². The van der Waals surface area contributed by atoms with Crippen molar-refractivity contribution in [3.05, 3.63) is 46.3 Å². The minimum absolute atomic E-state index is 0.0425. The summed E-state index contributed by atoms with van der Waals surface area (Å²) in [7, 11) is 4.07. The van der Waals surface area contributed by atoms with Crippen LogP contribution >= 0.6 is 0 Å². The molecule has 8 nitrogen and oxygen atoms in total. The standard InChI is InChI=1S/C18H19NO7/c1-9-14(17(21)22)15(16(18(23)26-4)11(8-20)19-9)10-5-6-12(24-2)13(7-10)25-3/h5-8,15,19H,1-4H3,(H,21,22). The molecule has 0 saturated heterocycles. The SMILES string of the molecule is COC(=O)C1=C(C=O)NC(C)=C(C(=O)O)C1c1ccc(OC)c(OC)c1. The van der Waals surface area contributed by atoms with Gasteiger partial charge in [-0.3, -0.25) is 4.79 Å². The molecular formula is C18H19NO7. The smallest absolute Gasteiger partial charge is 0.336 e. The number of nitrogens with one attached hydrogen (secondary N) is 1. The molecule has 8 heteroatoms. The molecular weight excluding hydrogens is 342 g/mol. The summed E-state index contributed by atoms with van der Waals surface area (Å²) in [5.41, 5.74) is 0.507. The topological polar surface area (TPSA) is 111 Å². The van der Waals surface area contributed by atoms with Gasteiger partial charge >= 0.3 is 11.9 Å². The second-order valence-corrected chi connectivity index (χ2v) is 5.45. The van der Waals surface area contributed by atoms with Gasteiger partial charge in [0.15, 0.2) is 17.8 Å². The van der Waals surface area contributed by atoms with Crippen molar-refractivity contribution in [3.8, 4) is 11.5 Å². The molecule has 1 unspecified atom stereocenters. The minimum atomic E-state index is -1.22.